The van der Waals surface area contributed by atoms with Crippen molar-refractivity contribution in [3.05, 3.63) is 35.9 Å². The van der Waals surface area contributed by atoms with E-state index in [4.69, 9.17) is 0 Å². The fourth-order valence-corrected chi connectivity index (χ4v) is 0.729. The van der Waals surface area contributed by atoms with Crippen LogP contribution in [0.3, 0.4) is 0 Å². The van der Waals surface area contributed by atoms with Gasteiger partial charge in [-0.05, 0) is 12.1 Å². The molecule has 0 unspecified atom stereocenters. The van der Waals surface area contributed by atoms with E-state index < -0.39 is 18.6 Å². The summed E-state index contributed by atoms with van der Waals surface area (Å²) >= 11 is 0. The van der Waals surface area contributed by atoms with Crippen LogP contribution in [0.4, 0.5) is 4.39 Å². The van der Waals surface area contributed by atoms with Gasteiger partial charge in [-0.25, -0.2) is 23.8 Å². The van der Waals surface area contributed by atoms with Gasteiger partial charge in [0, 0.05) is 0 Å². The van der Waals surface area contributed by atoms with Crippen molar-refractivity contribution in [2.45, 2.75) is 0 Å². The lowest BCUT2D eigenvalue weighted by Crippen LogP contribution is -2.12. The number of halogens is 1. The van der Waals surface area contributed by atoms with Crippen molar-refractivity contribution in [1.82, 2.24) is 0 Å². The summed E-state index contributed by atoms with van der Waals surface area (Å²) in [6, 6.07) is 7.91. The first-order valence-corrected chi connectivity index (χ1v) is 3.76. The Balaban J connectivity index is 2.48. The van der Waals surface area contributed by atoms with Gasteiger partial charge in [-0.2, -0.15) is 0 Å². The summed E-state index contributed by atoms with van der Waals surface area (Å²) in [4.78, 5) is 29.2. The normalized spacial score (nSPS) is 9.21. The third-order valence-corrected chi connectivity index (χ3v) is 1.33. The first kappa shape index (κ1) is 10.2. The summed E-state index contributed by atoms with van der Waals surface area (Å²) in [5.74, 6) is -2.08. The summed E-state index contributed by atoms with van der Waals surface area (Å²) in [5, 5.41) is 0. The molecule has 0 heterocycles. The third kappa shape index (κ3) is 2.85. The summed E-state index contributed by atoms with van der Waals surface area (Å²) in [5.41, 5.74) is 0.221. The summed E-state index contributed by atoms with van der Waals surface area (Å²) in [6.45, 7) is -1.33. The zero-order valence-corrected chi connectivity index (χ0v) is 7.10. The SMILES string of the molecule is O=C(CF)OOC(=O)c1ccccc1. The predicted octanol–water partition coefficient (Wildman–Crippen LogP) is 1.27. The highest BCUT2D eigenvalue weighted by Crippen LogP contribution is 2.01. The van der Waals surface area contributed by atoms with E-state index in [-0.39, 0.29) is 5.56 Å². The monoisotopic (exact) mass is 198 g/mol. The largest absolute Gasteiger partial charge is 0.386 e. The van der Waals surface area contributed by atoms with E-state index in [1.54, 1.807) is 18.2 Å². The molecule has 4 nitrogen and oxygen atoms in total. The first-order valence-electron chi connectivity index (χ1n) is 3.76. The number of hydrogen-bond donors (Lipinski definition) is 0. The van der Waals surface area contributed by atoms with Crippen LogP contribution >= 0.6 is 0 Å². The number of alkyl halides is 1. The van der Waals surface area contributed by atoms with Crippen molar-refractivity contribution in [1.29, 1.82) is 0 Å². The van der Waals surface area contributed by atoms with E-state index in [0.717, 1.165) is 0 Å². The van der Waals surface area contributed by atoms with Crippen LogP contribution in [0.25, 0.3) is 0 Å². The topological polar surface area (TPSA) is 52.6 Å². The Labute approximate surface area is 79.2 Å². The van der Waals surface area contributed by atoms with Gasteiger partial charge in [0.2, 0.25) is 0 Å². The molecule has 0 aliphatic heterocycles. The second-order valence-electron chi connectivity index (χ2n) is 2.33. The average molecular weight is 198 g/mol. The Bertz CT molecular complexity index is 323. The van der Waals surface area contributed by atoms with Gasteiger partial charge in [0.15, 0.2) is 6.67 Å². The molecule has 0 fully saturated rings. The van der Waals surface area contributed by atoms with E-state index in [9.17, 15) is 14.0 Å². The molecule has 0 saturated carbocycles. The van der Waals surface area contributed by atoms with Crippen LogP contribution in [0.2, 0.25) is 0 Å². The van der Waals surface area contributed by atoms with Crippen LogP contribution in [0, 0.1) is 0 Å². The second kappa shape index (κ2) is 4.96. The highest BCUT2D eigenvalue weighted by atomic mass is 19.1. The molecule has 0 aliphatic rings. The van der Waals surface area contributed by atoms with Crippen LogP contribution in [-0.2, 0) is 14.6 Å². The Morgan fingerprint density at radius 2 is 1.79 bits per heavy atom. The van der Waals surface area contributed by atoms with Crippen LogP contribution in [0.15, 0.2) is 30.3 Å². The minimum absolute atomic E-state index is 0.221. The Morgan fingerprint density at radius 3 is 2.36 bits per heavy atom. The molecule has 1 aromatic carbocycles. The molecule has 0 spiro atoms. The summed E-state index contributed by atoms with van der Waals surface area (Å²) in [7, 11) is 0. The highest BCUT2D eigenvalue weighted by molar-refractivity contribution is 5.89. The molecule has 0 N–H and O–H groups in total. The van der Waals surface area contributed by atoms with Gasteiger partial charge < -0.3 is 0 Å². The Hall–Kier alpha value is -1.91. The maximum Gasteiger partial charge on any atom is 0.386 e. The van der Waals surface area contributed by atoms with Crippen LogP contribution in [0.5, 0.6) is 0 Å². The molecular formula is C9H7FO4. The zero-order valence-electron chi connectivity index (χ0n) is 7.10. The van der Waals surface area contributed by atoms with Gasteiger partial charge in [-0.1, -0.05) is 18.2 Å². The Morgan fingerprint density at radius 1 is 1.14 bits per heavy atom. The number of hydrogen-bond acceptors (Lipinski definition) is 4. The van der Waals surface area contributed by atoms with Gasteiger partial charge >= 0.3 is 11.9 Å². The molecule has 0 bridgehead atoms. The molecule has 0 aromatic heterocycles. The molecule has 0 amide bonds. The summed E-state index contributed by atoms with van der Waals surface area (Å²) < 4.78 is 11.6. The fourth-order valence-electron chi connectivity index (χ4n) is 0.729. The lowest BCUT2D eigenvalue weighted by molar-refractivity contribution is -0.234. The zero-order chi connectivity index (χ0) is 10.4. The van der Waals surface area contributed by atoms with Crippen LogP contribution in [0.1, 0.15) is 10.4 Å². The molecule has 1 rings (SSSR count). The molecule has 5 heteroatoms. The molecule has 74 valence electrons. The van der Waals surface area contributed by atoms with E-state index in [1.807, 2.05) is 0 Å². The molecule has 0 radical (unpaired) electrons. The number of benzene rings is 1. The lowest BCUT2D eigenvalue weighted by Gasteiger charge is -2.00. The van der Waals surface area contributed by atoms with E-state index in [2.05, 4.69) is 9.78 Å². The highest BCUT2D eigenvalue weighted by Gasteiger charge is 2.10. The van der Waals surface area contributed by atoms with Crippen molar-refractivity contribution < 1.29 is 23.8 Å². The van der Waals surface area contributed by atoms with Crippen molar-refractivity contribution in [2.75, 3.05) is 6.67 Å². The van der Waals surface area contributed by atoms with E-state index in [1.165, 1.54) is 12.1 Å². The fraction of sp³-hybridized carbons (Fsp3) is 0.111. The number of carbonyl (C=O) groups excluding carboxylic acids is 2. The van der Waals surface area contributed by atoms with Crippen molar-refractivity contribution in [3.8, 4) is 0 Å². The van der Waals surface area contributed by atoms with E-state index >= 15 is 0 Å². The number of rotatable bonds is 2. The third-order valence-electron chi connectivity index (χ3n) is 1.33. The minimum Gasteiger partial charge on any atom is -0.244 e. The molecule has 0 atom stereocenters. The van der Waals surface area contributed by atoms with Gasteiger partial charge in [0.1, 0.15) is 0 Å². The van der Waals surface area contributed by atoms with Crippen LogP contribution in [-0.4, -0.2) is 18.6 Å². The lowest BCUT2D eigenvalue weighted by atomic mass is 10.2. The first-order chi connectivity index (χ1) is 6.74. The van der Waals surface area contributed by atoms with Gasteiger partial charge in [-0.15, -0.1) is 0 Å². The van der Waals surface area contributed by atoms with Crippen molar-refractivity contribution in [2.24, 2.45) is 0 Å². The second-order valence-corrected chi connectivity index (χ2v) is 2.33. The molecule has 0 aliphatic carbocycles. The molecule has 14 heavy (non-hydrogen) atoms. The Kier molecular flexibility index (Phi) is 3.60. The smallest absolute Gasteiger partial charge is 0.244 e. The van der Waals surface area contributed by atoms with Crippen molar-refractivity contribution in [3.63, 3.8) is 0 Å². The molecule has 0 saturated heterocycles. The van der Waals surface area contributed by atoms with E-state index in [0.29, 0.717) is 0 Å². The van der Waals surface area contributed by atoms with Crippen molar-refractivity contribution >= 4 is 11.9 Å². The van der Waals surface area contributed by atoms with Gasteiger partial charge in [0.25, 0.3) is 0 Å². The van der Waals surface area contributed by atoms with Gasteiger partial charge in [0.05, 0.1) is 5.56 Å². The maximum absolute atomic E-state index is 11.6. The van der Waals surface area contributed by atoms with Crippen LogP contribution < -0.4 is 0 Å². The molecule has 1 aromatic rings. The average Bonchev–Trinajstić information content (AvgIpc) is 2.26. The minimum atomic E-state index is -1.33. The standard InChI is InChI=1S/C9H7FO4/c10-6-8(11)13-14-9(12)7-4-2-1-3-5-7/h1-5H,6H2. The maximum atomic E-state index is 11.6. The number of carbonyl (C=O) groups is 2. The summed E-state index contributed by atoms with van der Waals surface area (Å²) in [6.07, 6.45) is 0. The quantitative estimate of drug-likeness (QED) is 0.530. The van der Waals surface area contributed by atoms with Gasteiger partial charge in [-0.3, -0.25) is 0 Å². The predicted molar refractivity (Wildman–Crippen MR) is 43.9 cm³/mol. The molecular weight excluding hydrogens is 191 g/mol.